The average Bonchev–Trinajstić information content (AvgIpc) is 1.97. The largest absolute Gasteiger partial charge is 0.477 e. The minimum atomic E-state index is -1.22. The van der Waals surface area contributed by atoms with Crippen LogP contribution in [0.2, 0.25) is 0 Å². The van der Waals surface area contributed by atoms with E-state index in [1.807, 2.05) is 0 Å². The zero-order valence-corrected chi connectivity index (χ0v) is 6.23. The van der Waals surface area contributed by atoms with Crippen LogP contribution >= 0.6 is 0 Å². The number of oxime groups is 1. The first-order chi connectivity index (χ1) is 5.54. The summed E-state index contributed by atoms with van der Waals surface area (Å²) in [6.07, 6.45) is 1.13. The molecule has 0 aliphatic heterocycles. The molecule has 0 saturated heterocycles. The fourth-order valence-corrected chi connectivity index (χ4v) is 0.326. The molecule has 7 nitrogen and oxygen atoms in total. The van der Waals surface area contributed by atoms with E-state index in [9.17, 15) is 4.79 Å². The Labute approximate surface area is 68.4 Å². The Hall–Kier alpha value is -1.92. The summed E-state index contributed by atoms with van der Waals surface area (Å²) in [5, 5.41) is 11.4. The summed E-state index contributed by atoms with van der Waals surface area (Å²) in [6.45, 7) is -0.0873. The number of nitrogens with two attached hydrogens (primary N) is 3. The maximum Gasteiger partial charge on any atom is 0.351 e. The Kier molecular flexibility index (Phi) is 4.06. The van der Waals surface area contributed by atoms with Crippen molar-refractivity contribution in [2.45, 2.75) is 0 Å². The van der Waals surface area contributed by atoms with Gasteiger partial charge in [-0.3, -0.25) is 0 Å². The van der Waals surface area contributed by atoms with Gasteiger partial charge in [0.2, 0.25) is 5.96 Å². The Morgan fingerprint density at radius 1 is 1.50 bits per heavy atom. The minimum Gasteiger partial charge on any atom is -0.477 e. The Bertz CT molecular complexity index is 219. The summed E-state index contributed by atoms with van der Waals surface area (Å²) in [5.74, 6) is -1.46. The van der Waals surface area contributed by atoms with Crippen LogP contribution in [0.5, 0.6) is 0 Å². The van der Waals surface area contributed by atoms with Crippen LogP contribution < -0.4 is 17.2 Å². The molecule has 0 fully saturated rings. The molecule has 0 amide bonds. The van der Waals surface area contributed by atoms with E-state index >= 15 is 0 Å². The molecule has 0 heterocycles. The van der Waals surface area contributed by atoms with Crippen LogP contribution in [0.1, 0.15) is 0 Å². The molecule has 0 aliphatic rings. The minimum absolute atomic E-state index is 0.0873. The number of guanidine groups is 1. The van der Waals surface area contributed by atoms with Gasteiger partial charge in [-0.2, -0.15) is 0 Å². The van der Waals surface area contributed by atoms with E-state index in [-0.39, 0.29) is 18.3 Å². The number of hydrogen-bond donors (Lipinski definition) is 4. The summed E-state index contributed by atoms with van der Waals surface area (Å²) in [7, 11) is 0. The average molecular weight is 174 g/mol. The summed E-state index contributed by atoms with van der Waals surface area (Å²) in [5.41, 5.74) is 14.5. The first-order valence-corrected chi connectivity index (χ1v) is 2.94. The summed E-state index contributed by atoms with van der Waals surface area (Å²) in [6, 6.07) is 0. The van der Waals surface area contributed by atoms with Crippen LogP contribution in [0.25, 0.3) is 0 Å². The van der Waals surface area contributed by atoms with E-state index in [1.165, 1.54) is 0 Å². The first-order valence-electron chi connectivity index (χ1n) is 2.94. The molecular formula is C5H10N4O3. The third-order valence-electron chi connectivity index (χ3n) is 0.795. The monoisotopic (exact) mass is 174 g/mol. The van der Waals surface area contributed by atoms with E-state index in [0.29, 0.717) is 0 Å². The Morgan fingerprint density at radius 3 is 2.50 bits per heavy atom. The van der Waals surface area contributed by atoms with Gasteiger partial charge in [-0.1, -0.05) is 0 Å². The molecule has 0 aromatic heterocycles. The highest BCUT2D eigenvalue weighted by molar-refractivity contribution is 5.85. The third-order valence-corrected chi connectivity index (χ3v) is 0.795. The normalized spacial score (nSPS) is 10.5. The number of rotatable bonds is 4. The molecule has 0 bridgehead atoms. The van der Waals surface area contributed by atoms with Crippen molar-refractivity contribution in [3.8, 4) is 0 Å². The van der Waals surface area contributed by atoms with Crippen molar-refractivity contribution >= 4 is 11.9 Å². The van der Waals surface area contributed by atoms with E-state index < -0.39 is 5.97 Å². The molecule has 0 spiro atoms. The number of aliphatic carboxylic acids is 1. The Morgan fingerprint density at radius 2 is 2.08 bits per heavy atom. The van der Waals surface area contributed by atoms with Crippen molar-refractivity contribution in [2.75, 3.05) is 6.61 Å². The molecule has 0 aromatic carbocycles. The summed E-state index contributed by atoms with van der Waals surface area (Å²) >= 11 is 0. The van der Waals surface area contributed by atoms with Gasteiger partial charge >= 0.3 is 5.97 Å². The van der Waals surface area contributed by atoms with Crippen molar-refractivity contribution < 1.29 is 14.7 Å². The molecule has 7 N–H and O–H groups in total. The molecule has 0 unspecified atom stereocenters. The lowest BCUT2D eigenvalue weighted by Gasteiger charge is -1.94. The van der Waals surface area contributed by atoms with Gasteiger partial charge in [-0.05, 0) is 11.2 Å². The van der Waals surface area contributed by atoms with Crippen LogP contribution in [0.4, 0.5) is 0 Å². The quantitative estimate of drug-likeness (QED) is 0.129. The van der Waals surface area contributed by atoms with Crippen LogP contribution in [-0.4, -0.2) is 23.6 Å². The second kappa shape index (κ2) is 4.83. The number of nitrogens with zero attached hydrogens (tertiary/aromatic N) is 1. The van der Waals surface area contributed by atoms with Crippen molar-refractivity contribution in [1.29, 1.82) is 0 Å². The highest BCUT2D eigenvalue weighted by atomic mass is 16.6. The zero-order valence-electron chi connectivity index (χ0n) is 6.23. The molecular weight excluding hydrogens is 164 g/mol. The van der Waals surface area contributed by atoms with Crippen molar-refractivity contribution in [2.24, 2.45) is 22.4 Å². The lowest BCUT2D eigenvalue weighted by molar-refractivity contribution is -0.132. The maximum absolute atomic E-state index is 10.1. The Balaban J connectivity index is 3.75. The first kappa shape index (κ1) is 10.1. The van der Waals surface area contributed by atoms with Gasteiger partial charge in [-0.15, -0.1) is 0 Å². The molecule has 0 aliphatic carbocycles. The molecule has 12 heavy (non-hydrogen) atoms. The fourth-order valence-electron chi connectivity index (χ4n) is 0.326. The third kappa shape index (κ3) is 4.91. The van der Waals surface area contributed by atoms with Crippen molar-refractivity contribution in [3.05, 3.63) is 11.8 Å². The zero-order chi connectivity index (χ0) is 9.56. The van der Waals surface area contributed by atoms with Crippen LogP contribution in [0, 0.1) is 0 Å². The maximum atomic E-state index is 10.1. The summed E-state index contributed by atoms with van der Waals surface area (Å²) in [4.78, 5) is 14.5. The van der Waals surface area contributed by atoms with E-state index in [0.717, 1.165) is 6.08 Å². The van der Waals surface area contributed by atoms with Gasteiger partial charge in [0, 0.05) is 0 Å². The number of carbonyl (C=O) groups is 1. The highest BCUT2D eigenvalue weighted by Gasteiger charge is 1.98. The highest BCUT2D eigenvalue weighted by Crippen LogP contribution is 1.84. The van der Waals surface area contributed by atoms with Crippen molar-refractivity contribution in [3.63, 3.8) is 0 Å². The molecule has 68 valence electrons. The standard InChI is InChI=1S/C5H10N4O3/c6-3(4(10)11)1-2-12-9-5(7)8/h1H,2,6H2,(H,10,11)(H4,7,8,9)/b3-1-. The van der Waals surface area contributed by atoms with Gasteiger partial charge < -0.3 is 27.1 Å². The molecule has 7 heteroatoms. The van der Waals surface area contributed by atoms with Crippen LogP contribution in [-0.2, 0) is 9.63 Å². The number of carboxylic acids is 1. The molecule has 0 aromatic rings. The smallest absolute Gasteiger partial charge is 0.351 e. The second-order valence-corrected chi connectivity index (χ2v) is 1.78. The van der Waals surface area contributed by atoms with E-state index in [1.54, 1.807) is 0 Å². The van der Waals surface area contributed by atoms with Gasteiger partial charge in [-0.25, -0.2) is 4.79 Å². The van der Waals surface area contributed by atoms with Crippen molar-refractivity contribution in [1.82, 2.24) is 0 Å². The van der Waals surface area contributed by atoms with Crippen LogP contribution in [0.15, 0.2) is 16.9 Å². The number of hydrogen-bond acceptors (Lipinski definition) is 4. The SMILES string of the molecule is NC(N)=NOC/C=C(\N)C(=O)O. The molecule has 0 saturated carbocycles. The van der Waals surface area contributed by atoms with Gasteiger partial charge in [0.15, 0.2) is 0 Å². The lowest BCUT2D eigenvalue weighted by atomic mass is 10.4. The van der Waals surface area contributed by atoms with Gasteiger partial charge in [0.25, 0.3) is 0 Å². The number of carboxylic acid groups (broad SMARTS) is 1. The molecule has 0 atom stereocenters. The molecule has 0 rings (SSSR count). The second-order valence-electron chi connectivity index (χ2n) is 1.78. The van der Waals surface area contributed by atoms with E-state index in [2.05, 4.69) is 9.99 Å². The van der Waals surface area contributed by atoms with Crippen LogP contribution in [0.3, 0.4) is 0 Å². The lowest BCUT2D eigenvalue weighted by Crippen LogP contribution is -2.22. The van der Waals surface area contributed by atoms with E-state index in [4.69, 9.17) is 22.3 Å². The molecule has 0 radical (unpaired) electrons. The predicted molar refractivity (Wildman–Crippen MR) is 41.7 cm³/mol. The fraction of sp³-hybridized carbons (Fsp3) is 0.200. The van der Waals surface area contributed by atoms with Gasteiger partial charge in [0.1, 0.15) is 12.3 Å². The topological polar surface area (TPSA) is 137 Å². The summed E-state index contributed by atoms with van der Waals surface area (Å²) < 4.78 is 0. The van der Waals surface area contributed by atoms with Gasteiger partial charge in [0.05, 0.1) is 0 Å². The predicted octanol–water partition coefficient (Wildman–Crippen LogP) is -1.88.